The van der Waals surface area contributed by atoms with Gasteiger partial charge in [-0.1, -0.05) is 26.0 Å². The molecule has 1 aromatic heterocycles. The first kappa shape index (κ1) is 34.3. The highest BCUT2D eigenvalue weighted by Gasteiger charge is 2.61. The minimum absolute atomic E-state index is 0.0668. The lowest BCUT2D eigenvalue weighted by atomic mass is 9.89. The average Bonchev–Trinajstić information content (AvgIpc) is 3.59. The monoisotopic (exact) mass is 648 g/mol. The van der Waals surface area contributed by atoms with Gasteiger partial charge in [0.15, 0.2) is 5.78 Å². The van der Waals surface area contributed by atoms with Gasteiger partial charge in [-0.25, -0.2) is 4.98 Å². The van der Waals surface area contributed by atoms with E-state index in [0.717, 1.165) is 42.1 Å². The predicted molar refractivity (Wildman–Crippen MR) is 177 cm³/mol. The van der Waals surface area contributed by atoms with Crippen LogP contribution in [0.2, 0.25) is 0 Å². The summed E-state index contributed by atoms with van der Waals surface area (Å²) >= 11 is 0. The van der Waals surface area contributed by atoms with Gasteiger partial charge in [0.2, 0.25) is 17.7 Å². The highest BCUT2D eigenvalue weighted by molar-refractivity contribution is 5.96. The SMILES string of the molecule is C=CC1C[C@]1(CC(=O)[C@@H]1C[C@@H]2CN1C(=O)[C@H](C(C)C)CC(=O)OCCCCCc1ccc3nc(N(C)C)nc(c3c1)O2)C(=O)OCC. The number of amides is 1. The van der Waals surface area contributed by atoms with Crippen LogP contribution in [0.5, 0.6) is 5.88 Å². The van der Waals surface area contributed by atoms with Crippen LogP contribution in [0.25, 0.3) is 10.9 Å². The molecule has 11 heteroatoms. The van der Waals surface area contributed by atoms with E-state index in [-0.39, 0.29) is 55.9 Å². The minimum atomic E-state index is -0.976. The molecule has 4 bridgehead atoms. The van der Waals surface area contributed by atoms with Crippen molar-refractivity contribution in [2.45, 2.75) is 84.3 Å². The van der Waals surface area contributed by atoms with Crippen LogP contribution in [0.15, 0.2) is 30.9 Å². The fraction of sp³-hybridized carbons (Fsp3) is 0.611. The van der Waals surface area contributed by atoms with Gasteiger partial charge in [-0.2, -0.15) is 4.98 Å². The second kappa shape index (κ2) is 14.4. The second-order valence-corrected chi connectivity index (χ2v) is 13.7. The highest BCUT2D eigenvalue weighted by atomic mass is 16.5. The van der Waals surface area contributed by atoms with Crippen molar-refractivity contribution in [2.75, 3.05) is 38.8 Å². The van der Waals surface area contributed by atoms with Crippen LogP contribution in [-0.4, -0.2) is 84.5 Å². The molecule has 1 saturated heterocycles. The molecular weight excluding hydrogens is 600 g/mol. The lowest BCUT2D eigenvalue weighted by Gasteiger charge is -2.30. The van der Waals surface area contributed by atoms with E-state index in [9.17, 15) is 19.2 Å². The Hall–Kier alpha value is -4.02. The zero-order valence-electron chi connectivity index (χ0n) is 28.3. The van der Waals surface area contributed by atoms with Crippen molar-refractivity contribution in [2.24, 2.45) is 23.2 Å². The van der Waals surface area contributed by atoms with Crippen LogP contribution in [0.3, 0.4) is 0 Å². The van der Waals surface area contributed by atoms with Crippen molar-refractivity contribution in [1.82, 2.24) is 14.9 Å². The summed E-state index contributed by atoms with van der Waals surface area (Å²) in [5, 5.41) is 0.768. The van der Waals surface area contributed by atoms with E-state index >= 15 is 0 Å². The molecule has 2 aliphatic heterocycles. The number of cyclic esters (lactones) is 1. The van der Waals surface area contributed by atoms with Crippen molar-refractivity contribution < 1.29 is 33.4 Å². The normalized spacial score (nSPS) is 26.7. The summed E-state index contributed by atoms with van der Waals surface area (Å²) in [7, 11) is 3.72. The van der Waals surface area contributed by atoms with Crippen molar-refractivity contribution in [3.8, 4) is 5.88 Å². The number of aryl methyl sites for hydroxylation is 1. The van der Waals surface area contributed by atoms with Crippen molar-refractivity contribution >= 4 is 40.5 Å². The van der Waals surface area contributed by atoms with Crippen LogP contribution in [0.1, 0.15) is 71.3 Å². The van der Waals surface area contributed by atoms with E-state index in [1.807, 2.05) is 45.0 Å². The van der Waals surface area contributed by atoms with Gasteiger partial charge in [0.05, 0.1) is 54.5 Å². The fourth-order valence-corrected chi connectivity index (χ4v) is 6.88. The minimum Gasteiger partial charge on any atom is -0.472 e. The standard InChI is InChI=1S/C36H48N4O7/c1-7-24-19-36(24,34(44)45-8-2)20-30(41)29-17-25-21-40(29)33(43)26(22(3)4)18-31(42)46-15-11-9-10-12-23-13-14-28-27(16-23)32(47-25)38-35(37-28)39(5)6/h7,13-14,16,22,24-26,29H,1,8-12,15,17-21H2,2-6H3/t24?,25-,26+,29+,36-/m1/s1. The van der Waals surface area contributed by atoms with Gasteiger partial charge in [0.25, 0.3) is 0 Å². The summed E-state index contributed by atoms with van der Waals surface area (Å²) in [5.74, 6) is -1.52. The number of nitrogens with zero attached hydrogens (tertiary/aromatic N) is 4. The van der Waals surface area contributed by atoms with Gasteiger partial charge in [-0.15, -0.1) is 6.58 Å². The summed E-state index contributed by atoms with van der Waals surface area (Å²) in [6.07, 6.45) is 5.06. The first-order valence-corrected chi connectivity index (χ1v) is 16.9. The third-order valence-electron chi connectivity index (χ3n) is 9.78. The van der Waals surface area contributed by atoms with Gasteiger partial charge < -0.3 is 24.0 Å². The number of fused-ring (bicyclic) bond motifs is 3. The number of hydrogen-bond acceptors (Lipinski definition) is 10. The molecular formula is C36H48N4O7. The third kappa shape index (κ3) is 7.44. The second-order valence-electron chi connectivity index (χ2n) is 13.7. The molecule has 1 saturated carbocycles. The Morgan fingerprint density at radius 1 is 1.19 bits per heavy atom. The highest BCUT2D eigenvalue weighted by Crippen LogP contribution is 2.57. The van der Waals surface area contributed by atoms with E-state index in [4.69, 9.17) is 24.2 Å². The van der Waals surface area contributed by atoms with Gasteiger partial charge in [-0.05, 0) is 68.6 Å². The Labute approximate surface area is 277 Å². The molecule has 1 amide bonds. The number of ketones is 1. The van der Waals surface area contributed by atoms with E-state index in [2.05, 4.69) is 12.6 Å². The van der Waals surface area contributed by atoms with Crippen LogP contribution < -0.4 is 9.64 Å². The molecule has 254 valence electrons. The topological polar surface area (TPSA) is 128 Å². The van der Waals surface area contributed by atoms with E-state index in [1.165, 1.54) is 0 Å². The Bertz CT molecular complexity index is 1520. The van der Waals surface area contributed by atoms with E-state index in [0.29, 0.717) is 24.9 Å². The first-order valence-electron chi connectivity index (χ1n) is 16.9. The molecule has 0 spiro atoms. The first-order chi connectivity index (χ1) is 22.5. The number of rotatable bonds is 8. The molecule has 1 unspecified atom stereocenters. The maximum absolute atomic E-state index is 14.3. The number of esters is 2. The van der Waals surface area contributed by atoms with Crippen LogP contribution >= 0.6 is 0 Å². The lowest BCUT2D eigenvalue weighted by Crippen LogP contribution is -2.46. The maximum atomic E-state index is 14.3. The summed E-state index contributed by atoms with van der Waals surface area (Å²) in [5.41, 5.74) is 0.876. The number of Topliss-reactive ketones (excluding diaryl/α,β-unsaturated/α-hetero) is 1. The Morgan fingerprint density at radius 3 is 2.66 bits per heavy atom. The molecule has 11 nitrogen and oxygen atoms in total. The number of carbonyl (C=O) groups is 4. The van der Waals surface area contributed by atoms with Crippen LogP contribution in [-0.2, 0) is 35.1 Å². The van der Waals surface area contributed by atoms with Crippen molar-refractivity contribution in [1.29, 1.82) is 0 Å². The van der Waals surface area contributed by atoms with E-state index in [1.54, 1.807) is 17.9 Å². The van der Waals surface area contributed by atoms with Crippen LogP contribution in [0, 0.1) is 23.2 Å². The molecule has 1 aliphatic carbocycles. The Balaban J connectivity index is 1.52. The molecule has 47 heavy (non-hydrogen) atoms. The summed E-state index contributed by atoms with van der Waals surface area (Å²) in [6, 6.07) is 5.23. The summed E-state index contributed by atoms with van der Waals surface area (Å²) in [6.45, 7) is 10.0. The van der Waals surface area contributed by atoms with Gasteiger partial charge >= 0.3 is 11.9 Å². The molecule has 2 aromatic rings. The molecule has 0 radical (unpaired) electrons. The molecule has 5 rings (SSSR count). The van der Waals surface area contributed by atoms with Crippen LogP contribution in [0.4, 0.5) is 5.95 Å². The molecule has 3 aliphatic rings. The largest absolute Gasteiger partial charge is 0.472 e. The van der Waals surface area contributed by atoms with Gasteiger partial charge in [-0.3, -0.25) is 19.2 Å². The number of hydrogen-bond donors (Lipinski definition) is 0. The molecule has 5 atom stereocenters. The summed E-state index contributed by atoms with van der Waals surface area (Å²) in [4.78, 5) is 67.3. The zero-order valence-corrected chi connectivity index (χ0v) is 28.3. The van der Waals surface area contributed by atoms with Gasteiger partial charge in [0, 0.05) is 26.9 Å². The maximum Gasteiger partial charge on any atom is 0.313 e. The third-order valence-corrected chi connectivity index (χ3v) is 9.78. The Kier molecular flexibility index (Phi) is 10.5. The average molecular weight is 649 g/mol. The molecule has 3 heterocycles. The quantitative estimate of drug-likeness (QED) is 0.294. The van der Waals surface area contributed by atoms with Crippen molar-refractivity contribution in [3.05, 3.63) is 36.4 Å². The predicted octanol–water partition coefficient (Wildman–Crippen LogP) is 4.69. The number of anilines is 1. The van der Waals surface area contributed by atoms with Gasteiger partial charge in [0.1, 0.15) is 6.10 Å². The fourth-order valence-electron chi connectivity index (χ4n) is 6.88. The zero-order chi connectivity index (χ0) is 33.9. The molecule has 1 aromatic carbocycles. The number of aromatic nitrogens is 2. The lowest BCUT2D eigenvalue weighted by molar-refractivity contribution is -0.154. The number of carbonyl (C=O) groups excluding carboxylic acids is 4. The Morgan fingerprint density at radius 2 is 1.98 bits per heavy atom. The molecule has 2 fully saturated rings. The summed E-state index contributed by atoms with van der Waals surface area (Å²) < 4.78 is 17.5. The van der Waals surface area contributed by atoms with E-state index < -0.39 is 35.4 Å². The number of benzene rings is 1. The smallest absolute Gasteiger partial charge is 0.313 e. The number of allylic oxidation sites excluding steroid dienone is 1. The molecule has 0 N–H and O–H groups in total. The number of ether oxygens (including phenoxy) is 3. The van der Waals surface area contributed by atoms with Crippen molar-refractivity contribution in [3.63, 3.8) is 0 Å².